The van der Waals surface area contributed by atoms with Gasteiger partial charge in [0.1, 0.15) is 11.4 Å². The highest BCUT2D eigenvalue weighted by atomic mass is 19.1. The summed E-state index contributed by atoms with van der Waals surface area (Å²) in [6, 6.07) is 13.5. The zero-order valence-corrected chi connectivity index (χ0v) is 15.2. The van der Waals surface area contributed by atoms with Crippen molar-refractivity contribution in [1.29, 1.82) is 0 Å². The average Bonchev–Trinajstić information content (AvgIpc) is 3.17. The molecule has 4 nitrogen and oxygen atoms in total. The fourth-order valence-corrected chi connectivity index (χ4v) is 4.45. The van der Waals surface area contributed by atoms with Gasteiger partial charge in [-0.25, -0.2) is 4.39 Å². The first-order valence-electron chi connectivity index (χ1n) is 9.43. The van der Waals surface area contributed by atoms with Crippen molar-refractivity contribution >= 4 is 11.6 Å². The molecule has 0 bridgehead atoms. The molecule has 0 radical (unpaired) electrons. The Morgan fingerprint density at radius 3 is 2.25 bits per heavy atom. The van der Waals surface area contributed by atoms with Crippen LogP contribution in [-0.2, 0) is 23.2 Å². The van der Waals surface area contributed by atoms with Crippen molar-refractivity contribution in [3.63, 3.8) is 0 Å². The van der Waals surface area contributed by atoms with Crippen molar-refractivity contribution in [3.05, 3.63) is 94.6 Å². The Hall–Kier alpha value is -3.05. The third kappa shape index (κ3) is 2.47. The fraction of sp³-hybridized carbons (Fsp3) is 0.217. The van der Waals surface area contributed by atoms with Gasteiger partial charge in [0.25, 0.3) is 0 Å². The lowest BCUT2D eigenvalue weighted by Gasteiger charge is -2.32. The van der Waals surface area contributed by atoms with Gasteiger partial charge in [-0.15, -0.1) is 0 Å². The van der Waals surface area contributed by atoms with E-state index in [-0.39, 0.29) is 11.7 Å². The molecule has 2 aliphatic heterocycles. The van der Waals surface area contributed by atoms with Crippen LogP contribution in [0.2, 0.25) is 0 Å². The first-order chi connectivity index (χ1) is 13.6. The minimum Gasteiger partial charge on any atom is -0.376 e. The average molecular weight is 374 g/mol. The van der Waals surface area contributed by atoms with Crippen LogP contribution in [0, 0.1) is 5.82 Å². The largest absolute Gasteiger partial charge is 0.376 e. The highest BCUT2D eigenvalue weighted by Gasteiger charge is 2.38. The molecular weight excluding hydrogens is 355 g/mol. The van der Waals surface area contributed by atoms with Crippen LogP contribution in [0.1, 0.15) is 34.2 Å². The lowest BCUT2D eigenvalue weighted by atomic mass is 9.79. The number of pyridine rings is 1. The van der Waals surface area contributed by atoms with E-state index < -0.39 is 5.60 Å². The number of benzene rings is 2. The van der Waals surface area contributed by atoms with E-state index in [0.29, 0.717) is 30.5 Å². The number of aryl methyl sites for hydroxylation is 1. The predicted molar refractivity (Wildman–Crippen MR) is 104 cm³/mol. The molecule has 0 fully saturated rings. The molecule has 28 heavy (non-hydrogen) atoms. The van der Waals surface area contributed by atoms with E-state index >= 15 is 0 Å². The third-order valence-electron chi connectivity index (χ3n) is 5.83. The van der Waals surface area contributed by atoms with Crippen molar-refractivity contribution in [3.8, 4) is 0 Å². The molecule has 1 aromatic heterocycles. The summed E-state index contributed by atoms with van der Waals surface area (Å²) in [6.07, 6.45) is 5.21. The SMILES string of the molecule is O=C1CCc2cc(C(O)(c3ccncc3)c3ccc(F)cc3)cc3c2N1CC3. The molecule has 0 spiro atoms. The number of amides is 1. The molecule has 5 rings (SSSR count). The second-order valence-electron chi connectivity index (χ2n) is 7.39. The molecule has 3 heterocycles. The molecule has 140 valence electrons. The van der Waals surface area contributed by atoms with Crippen LogP contribution in [0.3, 0.4) is 0 Å². The molecule has 5 heteroatoms. The van der Waals surface area contributed by atoms with Gasteiger partial charge in [0, 0.05) is 25.4 Å². The van der Waals surface area contributed by atoms with Crippen molar-refractivity contribution in [2.75, 3.05) is 11.4 Å². The maximum Gasteiger partial charge on any atom is 0.227 e. The van der Waals surface area contributed by atoms with Gasteiger partial charge < -0.3 is 10.0 Å². The maximum absolute atomic E-state index is 13.5. The standard InChI is InChI=1S/C23H19FN2O2/c24-20-4-2-17(3-5-20)23(28,18-7-10-25-11-8-18)19-13-15-1-6-21(27)26-12-9-16(14-19)22(15)26/h2-5,7-8,10-11,13-14,28H,1,6,9,12H2. The van der Waals surface area contributed by atoms with E-state index in [2.05, 4.69) is 4.98 Å². The maximum atomic E-state index is 13.5. The van der Waals surface area contributed by atoms with Gasteiger partial charge in [-0.3, -0.25) is 9.78 Å². The summed E-state index contributed by atoms with van der Waals surface area (Å²) < 4.78 is 13.5. The smallest absolute Gasteiger partial charge is 0.227 e. The summed E-state index contributed by atoms with van der Waals surface area (Å²) in [7, 11) is 0. The zero-order chi connectivity index (χ0) is 19.3. The Bertz CT molecular complexity index is 1070. The minimum atomic E-state index is -1.43. The van der Waals surface area contributed by atoms with Crippen LogP contribution in [0.15, 0.2) is 60.9 Å². The first kappa shape index (κ1) is 17.1. The first-order valence-corrected chi connectivity index (χ1v) is 9.43. The van der Waals surface area contributed by atoms with Gasteiger partial charge in [0.2, 0.25) is 5.91 Å². The Balaban J connectivity index is 1.74. The van der Waals surface area contributed by atoms with E-state index in [9.17, 15) is 14.3 Å². The minimum absolute atomic E-state index is 0.168. The van der Waals surface area contributed by atoms with Crippen molar-refractivity contribution in [1.82, 2.24) is 4.98 Å². The Labute approximate surface area is 162 Å². The van der Waals surface area contributed by atoms with Crippen LogP contribution in [0.5, 0.6) is 0 Å². The van der Waals surface area contributed by atoms with Gasteiger partial charge in [0.05, 0.1) is 5.69 Å². The molecule has 1 atom stereocenters. The fourth-order valence-electron chi connectivity index (χ4n) is 4.45. The third-order valence-corrected chi connectivity index (χ3v) is 5.83. The molecule has 0 saturated carbocycles. The van der Waals surface area contributed by atoms with Crippen molar-refractivity contribution in [2.45, 2.75) is 24.9 Å². The van der Waals surface area contributed by atoms with E-state index in [1.165, 1.54) is 12.1 Å². The van der Waals surface area contributed by atoms with Gasteiger partial charge in [-0.05, 0) is 64.9 Å². The lowest BCUT2D eigenvalue weighted by molar-refractivity contribution is -0.118. The second-order valence-corrected chi connectivity index (χ2v) is 7.39. The molecule has 2 aromatic carbocycles. The summed E-state index contributed by atoms with van der Waals surface area (Å²) in [6.45, 7) is 0.689. The summed E-state index contributed by atoms with van der Waals surface area (Å²) in [5, 5.41) is 12.0. The Kier molecular flexibility index (Phi) is 3.81. The number of hydrogen-bond donors (Lipinski definition) is 1. The molecule has 3 aromatic rings. The summed E-state index contributed by atoms with van der Waals surface area (Å²) in [5.41, 5.74) is 3.73. The topological polar surface area (TPSA) is 53.4 Å². The van der Waals surface area contributed by atoms with Gasteiger partial charge in [-0.2, -0.15) is 0 Å². The highest BCUT2D eigenvalue weighted by Crippen LogP contribution is 2.43. The number of carbonyl (C=O) groups excluding carboxylic acids is 1. The molecule has 2 aliphatic rings. The highest BCUT2D eigenvalue weighted by molar-refractivity contribution is 5.98. The number of rotatable bonds is 3. The number of hydrogen-bond acceptors (Lipinski definition) is 3. The quantitative estimate of drug-likeness (QED) is 0.765. The van der Waals surface area contributed by atoms with Crippen LogP contribution in [-0.4, -0.2) is 22.5 Å². The van der Waals surface area contributed by atoms with Crippen molar-refractivity contribution in [2.24, 2.45) is 0 Å². The second kappa shape index (κ2) is 6.24. The summed E-state index contributed by atoms with van der Waals surface area (Å²) >= 11 is 0. The van der Waals surface area contributed by atoms with E-state index in [1.807, 2.05) is 17.0 Å². The van der Waals surface area contributed by atoms with E-state index in [0.717, 1.165) is 28.8 Å². The van der Waals surface area contributed by atoms with Gasteiger partial charge >= 0.3 is 0 Å². The van der Waals surface area contributed by atoms with Gasteiger partial charge in [-0.1, -0.05) is 24.3 Å². The number of aromatic nitrogens is 1. The number of anilines is 1. The Morgan fingerprint density at radius 1 is 0.893 bits per heavy atom. The van der Waals surface area contributed by atoms with Crippen LogP contribution in [0.25, 0.3) is 0 Å². The summed E-state index contributed by atoms with van der Waals surface area (Å²) in [5.74, 6) is -0.180. The Morgan fingerprint density at radius 2 is 1.54 bits per heavy atom. The van der Waals surface area contributed by atoms with E-state index in [1.54, 1.807) is 36.7 Å². The van der Waals surface area contributed by atoms with Crippen LogP contribution >= 0.6 is 0 Å². The van der Waals surface area contributed by atoms with Crippen molar-refractivity contribution < 1.29 is 14.3 Å². The number of carbonyl (C=O) groups is 1. The van der Waals surface area contributed by atoms with Gasteiger partial charge in [0.15, 0.2) is 0 Å². The van der Waals surface area contributed by atoms with Crippen LogP contribution < -0.4 is 4.90 Å². The molecule has 1 unspecified atom stereocenters. The molecule has 0 saturated heterocycles. The molecule has 1 amide bonds. The zero-order valence-electron chi connectivity index (χ0n) is 15.2. The number of halogens is 1. The lowest BCUT2D eigenvalue weighted by Crippen LogP contribution is -2.33. The summed E-state index contributed by atoms with van der Waals surface area (Å²) in [4.78, 5) is 18.1. The molecule has 1 N–H and O–H groups in total. The van der Waals surface area contributed by atoms with Crippen LogP contribution in [0.4, 0.5) is 10.1 Å². The number of nitrogens with zero attached hydrogens (tertiary/aromatic N) is 2. The normalized spacial score (nSPS) is 17.4. The predicted octanol–water partition coefficient (Wildman–Crippen LogP) is 3.34. The molecule has 0 aliphatic carbocycles. The number of aliphatic hydroxyl groups is 1. The molecular formula is C23H19FN2O2. The van der Waals surface area contributed by atoms with E-state index in [4.69, 9.17) is 0 Å². The monoisotopic (exact) mass is 374 g/mol.